The Hall–Kier alpha value is -3.18. The third-order valence-corrected chi connectivity index (χ3v) is 4.45. The van der Waals surface area contributed by atoms with E-state index in [1.165, 1.54) is 0 Å². The number of aromatic nitrogens is 1. The SMILES string of the molecule is O=C(NCCc1ccc(Cl)cc1)c1cccc(C(=O)NCc2ccncc2)c1. The van der Waals surface area contributed by atoms with E-state index in [-0.39, 0.29) is 11.8 Å². The van der Waals surface area contributed by atoms with Crippen molar-refractivity contribution in [3.8, 4) is 0 Å². The van der Waals surface area contributed by atoms with Crippen LogP contribution in [0.2, 0.25) is 5.02 Å². The molecule has 6 heteroatoms. The highest BCUT2D eigenvalue weighted by Gasteiger charge is 2.10. The lowest BCUT2D eigenvalue weighted by Gasteiger charge is -2.08. The third-order valence-electron chi connectivity index (χ3n) is 4.20. The van der Waals surface area contributed by atoms with Gasteiger partial charge in [-0.2, -0.15) is 0 Å². The van der Waals surface area contributed by atoms with Crippen molar-refractivity contribution in [1.29, 1.82) is 0 Å². The summed E-state index contributed by atoms with van der Waals surface area (Å²) in [5, 5.41) is 6.40. The van der Waals surface area contributed by atoms with Crippen molar-refractivity contribution >= 4 is 23.4 Å². The van der Waals surface area contributed by atoms with Gasteiger partial charge in [0.2, 0.25) is 0 Å². The van der Waals surface area contributed by atoms with E-state index in [0.717, 1.165) is 11.1 Å². The van der Waals surface area contributed by atoms with Gasteiger partial charge in [0.05, 0.1) is 0 Å². The number of hydrogen-bond acceptors (Lipinski definition) is 3. The first kappa shape index (κ1) is 19.6. The van der Waals surface area contributed by atoms with Crippen LogP contribution in [0.15, 0.2) is 73.1 Å². The number of nitrogens with one attached hydrogen (secondary N) is 2. The molecule has 5 nitrogen and oxygen atoms in total. The summed E-state index contributed by atoms with van der Waals surface area (Å²) in [5.41, 5.74) is 2.94. The molecule has 1 aromatic heterocycles. The number of pyridine rings is 1. The number of nitrogens with zero attached hydrogens (tertiary/aromatic N) is 1. The molecule has 2 N–H and O–H groups in total. The topological polar surface area (TPSA) is 71.1 Å². The maximum atomic E-state index is 12.4. The molecule has 0 radical (unpaired) electrons. The Morgan fingerprint density at radius 2 is 1.46 bits per heavy atom. The molecule has 0 spiro atoms. The zero-order valence-electron chi connectivity index (χ0n) is 15.2. The largest absolute Gasteiger partial charge is 0.352 e. The first-order valence-corrected chi connectivity index (χ1v) is 9.29. The summed E-state index contributed by atoms with van der Waals surface area (Å²) in [6.45, 7) is 0.901. The average Bonchev–Trinajstić information content (AvgIpc) is 2.74. The van der Waals surface area contributed by atoms with Gasteiger partial charge in [-0.05, 0) is 60.0 Å². The lowest BCUT2D eigenvalue weighted by molar-refractivity contribution is 0.0950. The summed E-state index contributed by atoms with van der Waals surface area (Å²) in [6, 6.07) is 17.9. The minimum Gasteiger partial charge on any atom is -0.352 e. The van der Waals surface area contributed by atoms with Crippen LogP contribution in [0.4, 0.5) is 0 Å². The number of hydrogen-bond donors (Lipinski definition) is 2. The molecule has 142 valence electrons. The highest BCUT2D eigenvalue weighted by Crippen LogP contribution is 2.10. The normalized spacial score (nSPS) is 10.3. The van der Waals surface area contributed by atoms with Crippen LogP contribution in [-0.4, -0.2) is 23.3 Å². The maximum Gasteiger partial charge on any atom is 0.251 e. The van der Waals surface area contributed by atoms with Crippen LogP contribution in [0.25, 0.3) is 0 Å². The fourth-order valence-corrected chi connectivity index (χ4v) is 2.79. The van der Waals surface area contributed by atoms with Crippen LogP contribution >= 0.6 is 11.6 Å². The monoisotopic (exact) mass is 393 g/mol. The van der Waals surface area contributed by atoms with Crippen LogP contribution in [-0.2, 0) is 13.0 Å². The van der Waals surface area contributed by atoms with Crippen molar-refractivity contribution in [2.45, 2.75) is 13.0 Å². The summed E-state index contributed by atoms with van der Waals surface area (Å²) in [6.07, 6.45) is 4.06. The average molecular weight is 394 g/mol. The summed E-state index contributed by atoms with van der Waals surface area (Å²) < 4.78 is 0. The van der Waals surface area contributed by atoms with E-state index in [2.05, 4.69) is 15.6 Å². The van der Waals surface area contributed by atoms with Gasteiger partial charge in [-0.25, -0.2) is 0 Å². The summed E-state index contributed by atoms with van der Waals surface area (Å²) >= 11 is 5.87. The Morgan fingerprint density at radius 1 is 0.821 bits per heavy atom. The molecular weight excluding hydrogens is 374 g/mol. The molecule has 0 atom stereocenters. The molecule has 28 heavy (non-hydrogen) atoms. The maximum absolute atomic E-state index is 12.4. The molecule has 0 bridgehead atoms. The van der Waals surface area contributed by atoms with Gasteiger partial charge in [0, 0.05) is 41.6 Å². The van der Waals surface area contributed by atoms with Crippen LogP contribution in [0.1, 0.15) is 31.8 Å². The van der Waals surface area contributed by atoms with Gasteiger partial charge in [0.25, 0.3) is 11.8 Å². The van der Waals surface area contributed by atoms with Crippen molar-refractivity contribution < 1.29 is 9.59 Å². The van der Waals surface area contributed by atoms with Crippen LogP contribution in [0.5, 0.6) is 0 Å². The highest BCUT2D eigenvalue weighted by molar-refractivity contribution is 6.30. The second-order valence-corrected chi connectivity index (χ2v) is 6.69. The Morgan fingerprint density at radius 3 is 2.14 bits per heavy atom. The van der Waals surface area contributed by atoms with Crippen LogP contribution in [0, 0.1) is 0 Å². The molecule has 2 amide bonds. The van der Waals surface area contributed by atoms with Gasteiger partial charge in [-0.1, -0.05) is 29.8 Å². The number of carbonyl (C=O) groups is 2. The Balaban J connectivity index is 1.53. The fourth-order valence-electron chi connectivity index (χ4n) is 2.66. The predicted octanol–water partition coefficient (Wildman–Crippen LogP) is 3.64. The van der Waals surface area contributed by atoms with E-state index < -0.39 is 0 Å². The molecule has 3 aromatic rings. The van der Waals surface area contributed by atoms with Gasteiger partial charge in [0.1, 0.15) is 0 Å². The van der Waals surface area contributed by atoms with E-state index in [1.807, 2.05) is 36.4 Å². The molecule has 0 saturated carbocycles. The van der Waals surface area contributed by atoms with E-state index in [1.54, 1.807) is 36.7 Å². The Bertz CT molecular complexity index is 944. The van der Waals surface area contributed by atoms with Gasteiger partial charge < -0.3 is 10.6 Å². The van der Waals surface area contributed by atoms with Gasteiger partial charge in [-0.3, -0.25) is 14.6 Å². The van der Waals surface area contributed by atoms with E-state index >= 15 is 0 Å². The quantitative estimate of drug-likeness (QED) is 0.643. The molecule has 0 saturated heterocycles. The molecule has 2 aromatic carbocycles. The molecular formula is C22H20ClN3O2. The summed E-state index contributed by atoms with van der Waals surface area (Å²) in [5.74, 6) is -0.439. The number of halogens is 1. The summed E-state index contributed by atoms with van der Waals surface area (Å²) in [7, 11) is 0. The third kappa shape index (κ3) is 5.66. The van der Waals surface area contributed by atoms with Crippen molar-refractivity contribution in [1.82, 2.24) is 15.6 Å². The van der Waals surface area contributed by atoms with Gasteiger partial charge in [-0.15, -0.1) is 0 Å². The second kappa shape index (κ2) is 9.67. The van der Waals surface area contributed by atoms with Crippen molar-refractivity contribution in [3.63, 3.8) is 0 Å². The molecule has 0 fully saturated rings. The highest BCUT2D eigenvalue weighted by atomic mass is 35.5. The first-order valence-electron chi connectivity index (χ1n) is 8.91. The lowest BCUT2D eigenvalue weighted by Crippen LogP contribution is -2.27. The fraction of sp³-hybridized carbons (Fsp3) is 0.136. The van der Waals surface area contributed by atoms with E-state index in [4.69, 9.17) is 11.6 Å². The zero-order chi connectivity index (χ0) is 19.8. The number of benzene rings is 2. The molecule has 0 aliphatic heterocycles. The van der Waals surface area contributed by atoms with E-state index in [0.29, 0.717) is 35.7 Å². The van der Waals surface area contributed by atoms with Crippen LogP contribution < -0.4 is 10.6 Å². The minimum atomic E-state index is -0.229. The lowest BCUT2D eigenvalue weighted by atomic mass is 10.1. The smallest absolute Gasteiger partial charge is 0.251 e. The molecule has 0 aliphatic rings. The number of rotatable bonds is 7. The number of amides is 2. The molecule has 0 aliphatic carbocycles. The Labute approximate surface area is 168 Å². The molecule has 1 heterocycles. The zero-order valence-corrected chi connectivity index (χ0v) is 15.9. The number of carbonyl (C=O) groups excluding carboxylic acids is 2. The van der Waals surface area contributed by atoms with Gasteiger partial charge in [0.15, 0.2) is 0 Å². The van der Waals surface area contributed by atoms with Crippen LogP contribution in [0.3, 0.4) is 0 Å². The first-order chi connectivity index (χ1) is 13.6. The van der Waals surface area contributed by atoms with E-state index in [9.17, 15) is 9.59 Å². The van der Waals surface area contributed by atoms with Crippen molar-refractivity contribution in [2.24, 2.45) is 0 Å². The van der Waals surface area contributed by atoms with Crippen molar-refractivity contribution in [2.75, 3.05) is 6.54 Å². The summed E-state index contributed by atoms with van der Waals surface area (Å²) in [4.78, 5) is 28.7. The van der Waals surface area contributed by atoms with Gasteiger partial charge >= 0.3 is 0 Å². The second-order valence-electron chi connectivity index (χ2n) is 6.25. The van der Waals surface area contributed by atoms with Crippen molar-refractivity contribution in [3.05, 3.63) is 100 Å². The predicted molar refractivity (Wildman–Crippen MR) is 109 cm³/mol. The molecule has 3 rings (SSSR count). The standard InChI is InChI=1S/C22H20ClN3O2/c23-20-6-4-16(5-7-20)10-13-25-21(27)18-2-1-3-19(14-18)22(28)26-15-17-8-11-24-12-9-17/h1-9,11-12,14H,10,13,15H2,(H,25,27)(H,26,28). The Kier molecular flexibility index (Phi) is 6.76. The minimum absolute atomic E-state index is 0.210. The molecule has 0 unspecified atom stereocenters.